The number of ether oxygens (including phenoxy) is 2. The third kappa shape index (κ3) is 3.99. The van der Waals surface area contributed by atoms with Gasteiger partial charge in [-0.1, -0.05) is 19.9 Å². The van der Waals surface area contributed by atoms with E-state index >= 15 is 0 Å². The molecule has 1 aliphatic rings. The van der Waals surface area contributed by atoms with Crippen molar-refractivity contribution in [1.82, 2.24) is 5.32 Å². The van der Waals surface area contributed by atoms with E-state index in [9.17, 15) is 5.11 Å². The van der Waals surface area contributed by atoms with Crippen LogP contribution in [-0.4, -0.2) is 31.4 Å². The lowest BCUT2D eigenvalue weighted by molar-refractivity contribution is 0.211. The van der Waals surface area contributed by atoms with Crippen LogP contribution in [0.3, 0.4) is 0 Å². The summed E-state index contributed by atoms with van der Waals surface area (Å²) in [5.74, 6) is 1.54. The van der Waals surface area contributed by atoms with Crippen LogP contribution in [-0.2, 0) is 16.6 Å². The number of allylic oxidation sites excluding steroid dienone is 1. The molecule has 0 fully saturated rings. The van der Waals surface area contributed by atoms with E-state index in [1.165, 1.54) is 5.56 Å². The molecule has 1 heterocycles. The van der Waals surface area contributed by atoms with Gasteiger partial charge in [0.05, 0.1) is 7.11 Å². The van der Waals surface area contributed by atoms with E-state index in [2.05, 4.69) is 26.1 Å². The summed E-state index contributed by atoms with van der Waals surface area (Å²) >= 11 is 0. The number of hydrogen-bond donors (Lipinski definition) is 2. The van der Waals surface area contributed by atoms with Gasteiger partial charge in [-0.15, -0.1) is 0 Å². The fourth-order valence-electron chi connectivity index (χ4n) is 3.23. The zero-order chi connectivity index (χ0) is 17.0. The van der Waals surface area contributed by atoms with Crippen molar-refractivity contribution in [3.8, 4) is 11.5 Å². The van der Waals surface area contributed by atoms with Crippen LogP contribution in [0, 0.1) is 0 Å². The van der Waals surface area contributed by atoms with Crippen LogP contribution in [0.5, 0.6) is 11.5 Å². The number of methoxy groups -OCH3 is 1. The number of phenols is 1. The van der Waals surface area contributed by atoms with Gasteiger partial charge in [-0.3, -0.25) is 0 Å². The van der Waals surface area contributed by atoms with Crippen molar-refractivity contribution in [3.05, 3.63) is 35.1 Å². The Morgan fingerprint density at radius 3 is 2.83 bits per heavy atom. The quantitative estimate of drug-likeness (QED) is 0.834. The van der Waals surface area contributed by atoms with Crippen LogP contribution >= 0.6 is 0 Å². The highest BCUT2D eigenvalue weighted by Gasteiger charge is 2.31. The van der Waals surface area contributed by atoms with Gasteiger partial charge in [-0.25, -0.2) is 0 Å². The van der Waals surface area contributed by atoms with Gasteiger partial charge in [0, 0.05) is 11.6 Å². The minimum absolute atomic E-state index is 0.0697. The normalized spacial score (nSPS) is 21.1. The third-order valence-electron chi connectivity index (χ3n) is 4.61. The lowest BCUT2D eigenvalue weighted by Crippen LogP contribution is -2.37. The van der Waals surface area contributed by atoms with Crippen molar-refractivity contribution in [2.75, 3.05) is 20.3 Å². The van der Waals surface area contributed by atoms with E-state index < -0.39 is 0 Å². The topological polar surface area (TPSA) is 50.7 Å². The SMILES string of the molecule is C/C=C(\COc1c(O)ccc2c1C(C)(C)CCN[C@@H](C)C2)OC. The Hall–Kier alpha value is -1.68. The van der Waals surface area contributed by atoms with E-state index in [0.29, 0.717) is 18.4 Å². The van der Waals surface area contributed by atoms with Crippen LogP contribution in [0.2, 0.25) is 0 Å². The maximum Gasteiger partial charge on any atom is 0.165 e. The van der Waals surface area contributed by atoms with E-state index in [4.69, 9.17) is 9.47 Å². The predicted molar refractivity (Wildman–Crippen MR) is 93.2 cm³/mol. The molecule has 2 N–H and O–H groups in total. The first-order chi connectivity index (χ1) is 10.9. The molecule has 0 aliphatic carbocycles. The maximum absolute atomic E-state index is 10.4. The first kappa shape index (κ1) is 17.7. The highest BCUT2D eigenvalue weighted by Crippen LogP contribution is 2.43. The lowest BCUT2D eigenvalue weighted by atomic mass is 9.76. The van der Waals surface area contributed by atoms with E-state index in [0.717, 1.165) is 30.7 Å². The fraction of sp³-hybridized carbons (Fsp3) is 0.579. The Kier molecular flexibility index (Phi) is 5.58. The second kappa shape index (κ2) is 7.26. The molecule has 0 saturated carbocycles. The number of benzene rings is 1. The molecule has 0 saturated heterocycles. The zero-order valence-electron chi connectivity index (χ0n) is 14.9. The zero-order valence-corrected chi connectivity index (χ0v) is 14.9. The molecule has 2 rings (SSSR count). The molecule has 0 aromatic heterocycles. The van der Waals surface area contributed by atoms with Gasteiger partial charge in [0.25, 0.3) is 0 Å². The van der Waals surface area contributed by atoms with E-state index in [1.54, 1.807) is 13.2 Å². The summed E-state index contributed by atoms with van der Waals surface area (Å²) < 4.78 is 11.2. The van der Waals surface area contributed by atoms with Gasteiger partial charge in [0.2, 0.25) is 0 Å². The van der Waals surface area contributed by atoms with Crippen LogP contribution in [0.4, 0.5) is 0 Å². The Bertz CT molecular complexity index is 578. The highest BCUT2D eigenvalue weighted by molar-refractivity contribution is 5.54. The van der Waals surface area contributed by atoms with Crippen molar-refractivity contribution in [2.45, 2.75) is 52.0 Å². The Morgan fingerprint density at radius 1 is 1.43 bits per heavy atom. The summed E-state index contributed by atoms with van der Waals surface area (Å²) in [5, 5.41) is 13.9. The van der Waals surface area contributed by atoms with Gasteiger partial charge < -0.3 is 19.9 Å². The predicted octanol–water partition coefficient (Wildman–Crippen LogP) is 3.52. The highest BCUT2D eigenvalue weighted by atomic mass is 16.5. The minimum atomic E-state index is -0.0697. The molecule has 0 unspecified atom stereocenters. The maximum atomic E-state index is 10.4. The van der Waals surface area contributed by atoms with Crippen LogP contribution in [0.25, 0.3) is 0 Å². The van der Waals surface area contributed by atoms with Crippen LogP contribution in [0.1, 0.15) is 45.2 Å². The number of hydrogen-bond acceptors (Lipinski definition) is 4. The molecule has 0 spiro atoms. The fourth-order valence-corrected chi connectivity index (χ4v) is 3.23. The van der Waals surface area contributed by atoms with Crippen LogP contribution < -0.4 is 10.1 Å². The smallest absolute Gasteiger partial charge is 0.165 e. The molecule has 1 atom stereocenters. The molecule has 4 nitrogen and oxygen atoms in total. The standard InChI is InChI=1S/C19H29NO3/c1-6-15(22-5)12-23-18-16(21)8-7-14-11-13(2)20-10-9-19(3,4)17(14)18/h6-8,13,20-21H,9-12H2,1-5H3/b15-6+/t13-/m0/s1. The summed E-state index contributed by atoms with van der Waals surface area (Å²) in [7, 11) is 1.63. The van der Waals surface area contributed by atoms with Gasteiger partial charge in [-0.05, 0) is 56.4 Å². The molecular formula is C19H29NO3. The molecule has 4 heteroatoms. The molecule has 23 heavy (non-hydrogen) atoms. The Labute approximate surface area is 139 Å². The van der Waals surface area contributed by atoms with E-state index in [1.807, 2.05) is 19.1 Å². The minimum Gasteiger partial charge on any atom is -0.504 e. The molecule has 1 aromatic rings. The number of nitrogens with one attached hydrogen (secondary N) is 1. The van der Waals surface area contributed by atoms with Crippen molar-refractivity contribution in [2.24, 2.45) is 0 Å². The average molecular weight is 319 g/mol. The monoisotopic (exact) mass is 319 g/mol. The number of fused-ring (bicyclic) bond motifs is 1. The molecular weight excluding hydrogens is 290 g/mol. The van der Waals surface area contributed by atoms with Gasteiger partial charge in [0.1, 0.15) is 12.4 Å². The van der Waals surface area contributed by atoms with Crippen molar-refractivity contribution >= 4 is 0 Å². The lowest BCUT2D eigenvalue weighted by Gasteiger charge is -2.34. The van der Waals surface area contributed by atoms with Crippen molar-refractivity contribution in [1.29, 1.82) is 0 Å². The average Bonchev–Trinajstić information content (AvgIpc) is 2.49. The summed E-state index contributed by atoms with van der Waals surface area (Å²) in [6, 6.07) is 4.17. The molecule has 0 radical (unpaired) electrons. The number of rotatable bonds is 4. The Balaban J connectivity index is 2.45. The second-order valence-electron chi connectivity index (χ2n) is 6.89. The van der Waals surface area contributed by atoms with E-state index in [-0.39, 0.29) is 11.2 Å². The molecule has 1 aromatic carbocycles. The van der Waals surface area contributed by atoms with Crippen molar-refractivity contribution < 1.29 is 14.6 Å². The number of aromatic hydroxyl groups is 1. The third-order valence-corrected chi connectivity index (χ3v) is 4.61. The first-order valence-electron chi connectivity index (χ1n) is 8.29. The molecule has 1 aliphatic heterocycles. The Morgan fingerprint density at radius 2 is 2.17 bits per heavy atom. The molecule has 0 amide bonds. The summed E-state index contributed by atoms with van der Waals surface area (Å²) in [6.07, 6.45) is 3.79. The van der Waals surface area contributed by atoms with Crippen molar-refractivity contribution in [3.63, 3.8) is 0 Å². The largest absolute Gasteiger partial charge is 0.504 e. The van der Waals surface area contributed by atoms with Crippen LogP contribution in [0.15, 0.2) is 24.0 Å². The van der Waals surface area contributed by atoms with Gasteiger partial charge in [0.15, 0.2) is 11.5 Å². The molecule has 0 bridgehead atoms. The van der Waals surface area contributed by atoms with Gasteiger partial charge >= 0.3 is 0 Å². The summed E-state index contributed by atoms with van der Waals surface area (Å²) in [6.45, 7) is 9.81. The molecule has 128 valence electrons. The van der Waals surface area contributed by atoms with Gasteiger partial charge in [-0.2, -0.15) is 0 Å². The summed E-state index contributed by atoms with van der Waals surface area (Å²) in [4.78, 5) is 0. The number of phenolic OH excluding ortho intramolecular Hbond substituents is 1. The second-order valence-corrected chi connectivity index (χ2v) is 6.89. The summed E-state index contributed by atoms with van der Waals surface area (Å²) in [5.41, 5.74) is 2.29. The first-order valence-corrected chi connectivity index (χ1v) is 8.29.